The van der Waals surface area contributed by atoms with Crippen LogP contribution in [0.4, 0.5) is 0 Å². The SMILES string of the molecule is COc1cc2c(cc1OC)C1(CCCC1)CCN(C)[C@H]2c1cc(OC)c(OC)c(OC)c1. The molecule has 174 valence electrons. The van der Waals surface area contributed by atoms with Crippen molar-refractivity contribution >= 4 is 0 Å². The number of hydrogen-bond acceptors (Lipinski definition) is 6. The highest BCUT2D eigenvalue weighted by atomic mass is 16.5. The van der Waals surface area contributed by atoms with Gasteiger partial charge in [-0.25, -0.2) is 0 Å². The highest BCUT2D eigenvalue weighted by Gasteiger charge is 2.42. The van der Waals surface area contributed by atoms with Crippen LogP contribution in [0.2, 0.25) is 0 Å². The molecule has 0 N–H and O–H groups in total. The van der Waals surface area contributed by atoms with Crippen molar-refractivity contribution in [3.8, 4) is 28.7 Å². The summed E-state index contributed by atoms with van der Waals surface area (Å²) in [6, 6.07) is 8.55. The van der Waals surface area contributed by atoms with E-state index in [2.05, 4.69) is 36.2 Å². The summed E-state index contributed by atoms with van der Waals surface area (Å²) in [5, 5.41) is 0. The van der Waals surface area contributed by atoms with Crippen LogP contribution in [0.15, 0.2) is 24.3 Å². The van der Waals surface area contributed by atoms with Crippen LogP contribution in [0.5, 0.6) is 28.7 Å². The zero-order valence-corrected chi connectivity index (χ0v) is 20.1. The minimum Gasteiger partial charge on any atom is -0.493 e. The number of benzene rings is 2. The fourth-order valence-corrected chi connectivity index (χ4v) is 5.74. The molecule has 1 fully saturated rings. The molecule has 6 heteroatoms. The maximum atomic E-state index is 5.73. The van der Waals surface area contributed by atoms with Crippen molar-refractivity contribution in [2.45, 2.75) is 43.6 Å². The Bertz CT molecular complexity index is 942. The Morgan fingerprint density at radius 1 is 0.719 bits per heavy atom. The molecule has 1 atom stereocenters. The number of hydrogen-bond donors (Lipinski definition) is 0. The number of nitrogens with zero attached hydrogens (tertiary/aromatic N) is 1. The Kier molecular flexibility index (Phi) is 6.42. The lowest BCUT2D eigenvalue weighted by Crippen LogP contribution is -2.27. The second kappa shape index (κ2) is 9.10. The molecule has 1 aliphatic heterocycles. The van der Waals surface area contributed by atoms with Crippen molar-refractivity contribution in [3.63, 3.8) is 0 Å². The van der Waals surface area contributed by atoms with Crippen LogP contribution >= 0.6 is 0 Å². The first kappa shape index (κ1) is 22.6. The van der Waals surface area contributed by atoms with E-state index in [0.717, 1.165) is 30.0 Å². The molecule has 0 unspecified atom stereocenters. The molecule has 0 bridgehead atoms. The van der Waals surface area contributed by atoms with Gasteiger partial charge < -0.3 is 23.7 Å². The molecular formula is C26H35NO5. The van der Waals surface area contributed by atoms with E-state index >= 15 is 0 Å². The normalized spacial score (nSPS) is 19.9. The predicted molar refractivity (Wildman–Crippen MR) is 125 cm³/mol. The molecule has 32 heavy (non-hydrogen) atoms. The van der Waals surface area contributed by atoms with Crippen molar-refractivity contribution in [2.75, 3.05) is 49.1 Å². The smallest absolute Gasteiger partial charge is 0.203 e. The van der Waals surface area contributed by atoms with Crippen LogP contribution in [-0.2, 0) is 5.41 Å². The summed E-state index contributed by atoms with van der Waals surface area (Å²) in [6.07, 6.45) is 6.10. The van der Waals surface area contributed by atoms with Gasteiger partial charge in [0.15, 0.2) is 23.0 Å². The van der Waals surface area contributed by atoms with Gasteiger partial charge in [-0.05, 0) is 79.2 Å². The molecule has 6 nitrogen and oxygen atoms in total. The van der Waals surface area contributed by atoms with Gasteiger partial charge in [0.25, 0.3) is 0 Å². The number of fused-ring (bicyclic) bond motifs is 2. The summed E-state index contributed by atoms with van der Waals surface area (Å²) >= 11 is 0. The molecule has 0 radical (unpaired) electrons. The van der Waals surface area contributed by atoms with Gasteiger partial charge in [-0.3, -0.25) is 4.90 Å². The highest BCUT2D eigenvalue weighted by molar-refractivity contribution is 5.58. The molecule has 2 aliphatic rings. The Hall–Kier alpha value is -2.60. The summed E-state index contributed by atoms with van der Waals surface area (Å²) in [4.78, 5) is 2.43. The third-order valence-electron chi connectivity index (χ3n) is 7.37. The standard InChI is InChI=1S/C26H35NO5/c1-27-12-11-26(9-7-8-10-26)19-16-21(29-3)20(28-2)15-18(19)24(27)17-13-22(30-4)25(32-6)23(14-17)31-5/h13-16,24H,7-12H2,1-6H3/t24-/m0/s1. The van der Waals surface area contributed by atoms with Crippen molar-refractivity contribution in [1.29, 1.82) is 0 Å². The van der Waals surface area contributed by atoms with Gasteiger partial charge in [-0.1, -0.05) is 12.8 Å². The van der Waals surface area contributed by atoms with Crippen molar-refractivity contribution in [2.24, 2.45) is 0 Å². The topological polar surface area (TPSA) is 49.4 Å². The first-order chi connectivity index (χ1) is 15.5. The zero-order valence-electron chi connectivity index (χ0n) is 20.1. The fourth-order valence-electron chi connectivity index (χ4n) is 5.74. The Balaban J connectivity index is 1.97. The summed E-state index contributed by atoms with van der Waals surface area (Å²) < 4.78 is 28.4. The minimum atomic E-state index is 0.0264. The van der Waals surface area contributed by atoms with E-state index in [1.54, 1.807) is 35.5 Å². The Labute approximate surface area is 191 Å². The lowest BCUT2D eigenvalue weighted by atomic mass is 9.73. The Morgan fingerprint density at radius 2 is 1.28 bits per heavy atom. The molecule has 2 aromatic rings. The number of rotatable bonds is 6. The van der Waals surface area contributed by atoms with Gasteiger partial charge >= 0.3 is 0 Å². The second-order valence-corrected chi connectivity index (χ2v) is 8.87. The van der Waals surface area contributed by atoms with Crippen molar-refractivity contribution in [1.82, 2.24) is 4.90 Å². The fraction of sp³-hybridized carbons (Fsp3) is 0.538. The first-order valence-corrected chi connectivity index (χ1v) is 11.3. The third kappa shape index (κ3) is 3.64. The molecule has 1 spiro atoms. The van der Waals surface area contributed by atoms with E-state index in [-0.39, 0.29) is 11.5 Å². The summed E-state index contributed by atoms with van der Waals surface area (Å²) in [5.41, 5.74) is 3.93. The van der Waals surface area contributed by atoms with Gasteiger partial charge in [0.2, 0.25) is 5.75 Å². The maximum Gasteiger partial charge on any atom is 0.203 e. The average molecular weight is 442 g/mol. The molecule has 1 saturated carbocycles. The van der Waals surface area contributed by atoms with Crippen LogP contribution < -0.4 is 23.7 Å². The summed E-state index contributed by atoms with van der Waals surface area (Å²) in [5.74, 6) is 3.49. The van der Waals surface area contributed by atoms with E-state index in [1.165, 1.54) is 36.8 Å². The summed E-state index contributed by atoms with van der Waals surface area (Å²) in [6.45, 7) is 1.00. The predicted octanol–water partition coefficient (Wildman–Crippen LogP) is 4.97. The van der Waals surface area contributed by atoms with Crippen molar-refractivity contribution < 1.29 is 23.7 Å². The molecule has 2 aromatic carbocycles. The van der Waals surface area contributed by atoms with Crippen LogP contribution in [0, 0.1) is 0 Å². The molecule has 1 aliphatic carbocycles. The molecule has 0 amide bonds. The van der Waals surface area contributed by atoms with E-state index in [9.17, 15) is 0 Å². The van der Waals surface area contributed by atoms with Crippen LogP contribution in [0.3, 0.4) is 0 Å². The van der Waals surface area contributed by atoms with E-state index in [1.807, 2.05) is 0 Å². The largest absolute Gasteiger partial charge is 0.493 e. The van der Waals surface area contributed by atoms with Gasteiger partial charge in [0.05, 0.1) is 41.6 Å². The first-order valence-electron chi connectivity index (χ1n) is 11.3. The average Bonchev–Trinajstić information content (AvgIpc) is 3.27. The lowest BCUT2D eigenvalue weighted by molar-refractivity contribution is 0.259. The molecule has 0 saturated heterocycles. The van der Waals surface area contributed by atoms with Gasteiger partial charge in [-0.2, -0.15) is 0 Å². The quantitative estimate of drug-likeness (QED) is 0.631. The molecule has 0 aromatic heterocycles. The van der Waals surface area contributed by atoms with Crippen molar-refractivity contribution in [3.05, 3.63) is 41.0 Å². The van der Waals surface area contributed by atoms with E-state index in [0.29, 0.717) is 17.2 Å². The number of ether oxygens (including phenoxy) is 5. The molecular weight excluding hydrogens is 406 g/mol. The molecule has 1 heterocycles. The van der Waals surface area contributed by atoms with Crippen LogP contribution in [-0.4, -0.2) is 54.0 Å². The van der Waals surface area contributed by atoms with Gasteiger partial charge in [0.1, 0.15) is 0 Å². The third-order valence-corrected chi connectivity index (χ3v) is 7.37. The maximum absolute atomic E-state index is 5.73. The number of methoxy groups -OCH3 is 5. The van der Waals surface area contributed by atoms with Crippen LogP contribution in [0.25, 0.3) is 0 Å². The second-order valence-electron chi connectivity index (χ2n) is 8.87. The van der Waals surface area contributed by atoms with Gasteiger partial charge in [0, 0.05) is 0 Å². The lowest BCUT2D eigenvalue weighted by Gasteiger charge is -2.31. The Morgan fingerprint density at radius 3 is 1.81 bits per heavy atom. The molecule has 4 rings (SSSR count). The monoisotopic (exact) mass is 441 g/mol. The van der Waals surface area contributed by atoms with E-state index < -0.39 is 0 Å². The van der Waals surface area contributed by atoms with Crippen LogP contribution in [0.1, 0.15) is 54.8 Å². The minimum absolute atomic E-state index is 0.0264. The highest BCUT2D eigenvalue weighted by Crippen LogP contribution is 2.53. The zero-order chi connectivity index (χ0) is 22.9. The van der Waals surface area contributed by atoms with E-state index in [4.69, 9.17) is 23.7 Å². The summed E-state index contributed by atoms with van der Waals surface area (Å²) in [7, 11) is 10.6. The van der Waals surface area contributed by atoms with Gasteiger partial charge in [-0.15, -0.1) is 0 Å².